The number of benzene rings is 1. The molecule has 1 aromatic rings. The Morgan fingerprint density at radius 1 is 0.946 bits per heavy atom. The van der Waals surface area contributed by atoms with E-state index in [9.17, 15) is 14.4 Å². The minimum atomic E-state index is -0.926. The van der Waals surface area contributed by atoms with Gasteiger partial charge in [0, 0.05) is 18.3 Å². The van der Waals surface area contributed by atoms with Crippen LogP contribution in [0.4, 0.5) is 4.79 Å². The number of nitrogens with one attached hydrogen (secondary N) is 2. The van der Waals surface area contributed by atoms with E-state index in [1.807, 2.05) is 37.3 Å². The highest BCUT2D eigenvalue weighted by atomic mass is 32.1. The highest BCUT2D eigenvalue weighted by Crippen LogP contribution is 2.24. The Kier molecular flexibility index (Phi) is 15.4. The number of rotatable bonds is 16. The number of carbonyl (C=O) groups is 3. The van der Waals surface area contributed by atoms with Crippen molar-refractivity contribution in [2.24, 2.45) is 0 Å². The quantitative estimate of drug-likeness (QED) is 0.178. The zero-order chi connectivity index (χ0) is 27.8. The molecule has 7 nitrogen and oxygen atoms in total. The molecule has 37 heavy (non-hydrogen) atoms. The molecule has 0 aliphatic heterocycles. The molecule has 0 fully saturated rings. The van der Waals surface area contributed by atoms with Crippen LogP contribution < -0.4 is 10.6 Å². The van der Waals surface area contributed by atoms with Crippen LogP contribution in [0, 0.1) is 0 Å². The lowest BCUT2D eigenvalue weighted by Crippen LogP contribution is -2.54. The summed E-state index contributed by atoms with van der Waals surface area (Å²) >= 11 is 4.36. The van der Waals surface area contributed by atoms with Crippen LogP contribution in [0.3, 0.4) is 0 Å². The maximum Gasteiger partial charge on any atom is 0.408 e. The number of hydrogen-bond donors (Lipinski definition) is 3. The van der Waals surface area contributed by atoms with Gasteiger partial charge in [-0.1, -0.05) is 82.7 Å². The molecule has 0 saturated heterocycles. The van der Waals surface area contributed by atoms with Crippen LogP contribution in [0.1, 0.15) is 105 Å². The molecule has 0 heterocycles. The SMILES string of the molecule is CCCCCCCCN(C(=O)C(CS)NC(=O)OC(C)(C)C)C(C(=O)NC(C)CCC)c1ccccc1. The molecular weight excluding hydrogens is 486 g/mol. The van der Waals surface area contributed by atoms with Crippen molar-refractivity contribution in [2.45, 2.75) is 117 Å². The molecule has 2 N–H and O–H groups in total. The first-order valence-corrected chi connectivity index (χ1v) is 14.4. The number of nitrogens with zero attached hydrogens (tertiary/aromatic N) is 1. The van der Waals surface area contributed by atoms with Crippen molar-refractivity contribution < 1.29 is 19.1 Å². The predicted octanol–water partition coefficient (Wildman–Crippen LogP) is 6.04. The van der Waals surface area contributed by atoms with Crippen LogP contribution in [-0.4, -0.2) is 52.8 Å². The van der Waals surface area contributed by atoms with Crippen LogP contribution in [0.5, 0.6) is 0 Å². The second-order valence-electron chi connectivity index (χ2n) is 10.7. The summed E-state index contributed by atoms with van der Waals surface area (Å²) < 4.78 is 5.37. The van der Waals surface area contributed by atoms with Crippen molar-refractivity contribution >= 4 is 30.5 Å². The number of carbonyl (C=O) groups excluding carboxylic acids is 3. The highest BCUT2D eigenvalue weighted by molar-refractivity contribution is 7.80. The Bertz CT molecular complexity index is 813. The lowest BCUT2D eigenvalue weighted by Gasteiger charge is -2.35. The molecule has 0 bridgehead atoms. The smallest absolute Gasteiger partial charge is 0.408 e. The molecule has 3 atom stereocenters. The van der Waals surface area contributed by atoms with Crippen molar-refractivity contribution in [3.63, 3.8) is 0 Å². The molecular formula is C29H49N3O4S. The number of alkyl carbamates (subject to hydrolysis) is 1. The van der Waals surface area contributed by atoms with E-state index in [0.29, 0.717) is 6.54 Å². The van der Waals surface area contributed by atoms with Gasteiger partial charge in [-0.05, 0) is 46.1 Å². The standard InChI is InChI=1S/C29H49N3O4S/c1-7-9-10-11-12-16-20-32(27(34)24(21-37)31-28(35)36-29(4,5)6)25(23-18-14-13-15-19-23)26(33)30-22(3)17-8-2/h13-15,18-19,22,24-25,37H,7-12,16-17,20-21H2,1-6H3,(H,30,33)(H,31,35). The maximum atomic E-state index is 13.9. The number of unbranched alkanes of at least 4 members (excludes halogenated alkanes) is 5. The molecule has 1 aromatic carbocycles. The Morgan fingerprint density at radius 2 is 1.57 bits per heavy atom. The number of amides is 3. The van der Waals surface area contributed by atoms with Crippen LogP contribution >= 0.6 is 12.6 Å². The zero-order valence-corrected chi connectivity index (χ0v) is 24.6. The van der Waals surface area contributed by atoms with Gasteiger partial charge in [-0.2, -0.15) is 12.6 Å². The van der Waals surface area contributed by atoms with Crippen molar-refractivity contribution in [2.75, 3.05) is 12.3 Å². The first kappa shape index (κ1) is 32.8. The first-order chi connectivity index (χ1) is 17.5. The average Bonchev–Trinajstić information content (AvgIpc) is 2.83. The van der Waals surface area contributed by atoms with E-state index in [1.54, 1.807) is 25.7 Å². The molecule has 0 spiro atoms. The van der Waals surface area contributed by atoms with E-state index in [1.165, 1.54) is 6.42 Å². The number of thiol groups is 1. The summed E-state index contributed by atoms with van der Waals surface area (Å²) in [5, 5.41) is 5.77. The third kappa shape index (κ3) is 12.7. The van der Waals surface area contributed by atoms with Gasteiger partial charge >= 0.3 is 6.09 Å². The molecule has 1 rings (SSSR count). The minimum absolute atomic E-state index is 0.0183. The molecule has 3 unspecified atom stereocenters. The minimum Gasteiger partial charge on any atom is -0.444 e. The fraction of sp³-hybridized carbons (Fsp3) is 0.690. The van der Waals surface area contributed by atoms with Gasteiger partial charge in [0.25, 0.3) is 0 Å². The monoisotopic (exact) mass is 535 g/mol. The van der Waals surface area contributed by atoms with Gasteiger partial charge in [0.2, 0.25) is 11.8 Å². The Labute approximate surface area is 229 Å². The Balaban J connectivity index is 3.27. The molecule has 0 aliphatic carbocycles. The summed E-state index contributed by atoms with van der Waals surface area (Å²) in [6, 6.07) is 7.60. The molecule has 8 heteroatoms. The number of ether oxygens (including phenoxy) is 1. The molecule has 0 radical (unpaired) electrons. The van der Waals surface area contributed by atoms with Gasteiger partial charge < -0.3 is 20.3 Å². The summed E-state index contributed by atoms with van der Waals surface area (Å²) in [6.45, 7) is 11.9. The van der Waals surface area contributed by atoms with Crippen molar-refractivity contribution in [3.05, 3.63) is 35.9 Å². The van der Waals surface area contributed by atoms with Gasteiger partial charge in [-0.15, -0.1) is 0 Å². The van der Waals surface area contributed by atoms with Gasteiger partial charge in [0.1, 0.15) is 17.7 Å². The Morgan fingerprint density at radius 3 is 2.14 bits per heavy atom. The molecule has 3 amide bonds. The lowest BCUT2D eigenvalue weighted by molar-refractivity contribution is -0.142. The highest BCUT2D eigenvalue weighted by Gasteiger charge is 2.35. The average molecular weight is 536 g/mol. The summed E-state index contributed by atoms with van der Waals surface area (Å²) in [5.41, 5.74) is 0.0344. The van der Waals surface area contributed by atoms with Gasteiger partial charge in [0.05, 0.1) is 0 Å². The first-order valence-electron chi connectivity index (χ1n) is 13.8. The third-order valence-electron chi connectivity index (χ3n) is 5.99. The molecule has 210 valence electrons. The summed E-state index contributed by atoms with van der Waals surface area (Å²) in [6.07, 6.45) is 7.42. The summed E-state index contributed by atoms with van der Waals surface area (Å²) in [5.74, 6) is -0.483. The summed E-state index contributed by atoms with van der Waals surface area (Å²) in [4.78, 5) is 41.6. The topological polar surface area (TPSA) is 87.7 Å². The van der Waals surface area contributed by atoms with Gasteiger partial charge in [-0.3, -0.25) is 9.59 Å². The van der Waals surface area contributed by atoms with Crippen LogP contribution in [0.25, 0.3) is 0 Å². The molecule has 0 saturated carbocycles. The second kappa shape index (κ2) is 17.3. The second-order valence-corrected chi connectivity index (χ2v) is 11.1. The van der Waals surface area contributed by atoms with Crippen LogP contribution in [0.2, 0.25) is 0 Å². The lowest BCUT2D eigenvalue weighted by atomic mass is 10.0. The predicted molar refractivity (Wildman–Crippen MR) is 154 cm³/mol. The van der Waals surface area contributed by atoms with E-state index < -0.39 is 23.8 Å². The summed E-state index contributed by atoms with van der Waals surface area (Å²) in [7, 11) is 0. The zero-order valence-electron chi connectivity index (χ0n) is 23.7. The van der Waals surface area contributed by atoms with Crippen molar-refractivity contribution in [1.29, 1.82) is 0 Å². The van der Waals surface area contributed by atoms with E-state index in [-0.39, 0.29) is 23.6 Å². The fourth-order valence-electron chi connectivity index (χ4n) is 4.20. The Hall–Kier alpha value is -2.22. The van der Waals surface area contributed by atoms with Gasteiger partial charge in [0.15, 0.2) is 0 Å². The van der Waals surface area contributed by atoms with E-state index in [0.717, 1.165) is 50.5 Å². The van der Waals surface area contributed by atoms with Crippen molar-refractivity contribution in [3.8, 4) is 0 Å². The van der Waals surface area contributed by atoms with Crippen molar-refractivity contribution in [1.82, 2.24) is 15.5 Å². The van der Waals surface area contributed by atoms with Crippen LogP contribution in [0.15, 0.2) is 30.3 Å². The number of hydrogen-bond acceptors (Lipinski definition) is 5. The largest absolute Gasteiger partial charge is 0.444 e. The third-order valence-corrected chi connectivity index (χ3v) is 6.36. The molecule has 0 aromatic heterocycles. The van der Waals surface area contributed by atoms with E-state index in [4.69, 9.17) is 4.74 Å². The maximum absolute atomic E-state index is 13.9. The van der Waals surface area contributed by atoms with Gasteiger partial charge in [-0.25, -0.2) is 4.79 Å². The van der Waals surface area contributed by atoms with Crippen LogP contribution in [-0.2, 0) is 14.3 Å². The van der Waals surface area contributed by atoms with E-state index in [2.05, 4.69) is 37.1 Å². The fourth-order valence-corrected chi connectivity index (χ4v) is 4.45. The van der Waals surface area contributed by atoms with E-state index >= 15 is 0 Å². The molecule has 0 aliphatic rings. The normalized spacial score (nSPS) is 13.8.